The van der Waals surface area contributed by atoms with Gasteiger partial charge in [-0.1, -0.05) is 6.07 Å². The Morgan fingerprint density at radius 2 is 1.74 bits per heavy atom. The first kappa shape index (κ1) is 18.3. The molecule has 1 saturated heterocycles. The molecular formula is C14H23N3O4S2. The highest BCUT2D eigenvalue weighted by Crippen LogP contribution is 2.22. The summed E-state index contributed by atoms with van der Waals surface area (Å²) in [6, 6.07) is 5.48. The van der Waals surface area contributed by atoms with Crippen LogP contribution in [-0.2, 0) is 20.0 Å². The second kappa shape index (κ2) is 7.27. The van der Waals surface area contributed by atoms with Crippen molar-refractivity contribution < 1.29 is 16.8 Å². The molecule has 1 fully saturated rings. The summed E-state index contributed by atoms with van der Waals surface area (Å²) in [5.74, 6) is 0. The lowest BCUT2D eigenvalue weighted by Crippen LogP contribution is -2.37. The van der Waals surface area contributed by atoms with Crippen LogP contribution in [0.3, 0.4) is 0 Å². The van der Waals surface area contributed by atoms with Crippen molar-refractivity contribution in [2.75, 3.05) is 26.7 Å². The van der Waals surface area contributed by atoms with Gasteiger partial charge < -0.3 is 5.32 Å². The predicted molar refractivity (Wildman–Crippen MR) is 88.1 cm³/mol. The number of hydrogen-bond acceptors (Lipinski definition) is 5. The first-order valence-corrected chi connectivity index (χ1v) is 10.5. The van der Waals surface area contributed by atoms with Gasteiger partial charge in [0.05, 0.1) is 9.79 Å². The average Bonchev–Trinajstić information content (AvgIpc) is 3.08. The molecule has 0 aromatic heterocycles. The molecule has 2 rings (SSSR count). The molecule has 7 nitrogen and oxygen atoms in total. The van der Waals surface area contributed by atoms with Gasteiger partial charge in [-0.3, -0.25) is 0 Å². The molecule has 1 aromatic rings. The minimum Gasteiger partial charge on any atom is -0.316 e. The van der Waals surface area contributed by atoms with Gasteiger partial charge >= 0.3 is 0 Å². The standard InChI is InChI=1S/C14H23N3O4S2/c1-12(15-2)11-16-22(18,19)13-6-5-7-14(10-13)23(20,21)17-8-3-4-9-17/h5-7,10,12,15-16H,3-4,8-9,11H2,1-2H3. The Balaban J connectivity index is 2.25. The number of likely N-dealkylation sites (N-methyl/N-ethyl adjacent to an activating group) is 1. The average molecular weight is 361 g/mol. The van der Waals surface area contributed by atoms with E-state index in [-0.39, 0.29) is 22.4 Å². The predicted octanol–water partition coefficient (Wildman–Crippen LogP) is 0.357. The maximum atomic E-state index is 12.5. The lowest BCUT2D eigenvalue weighted by molar-refractivity contribution is 0.477. The van der Waals surface area contributed by atoms with Gasteiger partial charge in [0.1, 0.15) is 0 Å². The summed E-state index contributed by atoms with van der Waals surface area (Å²) < 4.78 is 53.5. The minimum atomic E-state index is -3.74. The Hall–Kier alpha value is -1.00. The van der Waals surface area contributed by atoms with Crippen molar-refractivity contribution in [3.05, 3.63) is 24.3 Å². The Kier molecular flexibility index (Phi) is 5.79. The van der Waals surface area contributed by atoms with E-state index in [1.165, 1.54) is 28.6 Å². The monoisotopic (exact) mass is 361 g/mol. The smallest absolute Gasteiger partial charge is 0.243 e. The van der Waals surface area contributed by atoms with Crippen LogP contribution in [0.15, 0.2) is 34.1 Å². The van der Waals surface area contributed by atoms with Gasteiger partial charge in [-0.05, 0) is 45.0 Å². The Bertz CT molecular complexity index is 741. The third kappa shape index (κ3) is 4.30. The summed E-state index contributed by atoms with van der Waals surface area (Å²) in [4.78, 5) is -0.0231. The maximum Gasteiger partial charge on any atom is 0.243 e. The molecule has 2 N–H and O–H groups in total. The van der Waals surface area contributed by atoms with E-state index in [2.05, 4.69) is 10.0 Å². The molecular weight excluding hydrogens is 338 g/mol. The van der Waals surface area contributed by atoms with Crippen LogP contribution in [0.25, 0.3) is 0 Å². The molecule has 0 radical (unpaired) electrons. The number of nitrogens with zero attached hydrogens (tertiary/aromatic N) is 1. The number of hydrogen-bond donors (Lipinski definition) is 2. The normalized spacial score (nSPS) is 18.2. The van der Waals surface area contributed by atoms with Crippen LogP contribution in [0.4, 0.5) is 0 Å². The van der Waals surface area contributed by atoms with Gasteiger partial charge in [0.2, 0.25) is 20.0 Å². The van der Waals surface area contributed by atoms with Crippen molar-refractivity contribution in [3.63, 3.8) is 0 Å². The van der Waals surface area contributed by atoms with Gasteiger partial charge in [-0.15, -0.1) is 0 Å². The number of sulfonamides is 2. The summed E-state index contributed by atoms with van der Waals surface area (Å²) in [5, 5.41) is 2.93. The molecule has 0 saturated carbocycles. The van der Waals surface area contributed by atoms with Gasteiger partial charge in [-0.25, -0.2) is 21.6 Å². The molecule has 0 bridgehead atoms. The quantitative estimate of drug-likeness (QED) is 0.731. The summed E-state index contributed by atoms with van der Waals surface area (Å²) in [6.45, 7) is 3.03. The molecule has 1 heterocycles. The second-order valence-corrected chi connectivity index (χ2v) is 9.33. The number of rotatable bonds is 7. The molecule has 0 spiro atoms. The first-order valence-electron chi connectivity index (χ1n) is 7.54. The number of nitrogens with one attached hydrogen (secondary N) is 2. The molecule has 0 amide bonds. The summed E-state index contributed by atoms with van der Waals surface area (Å²) in [6.07, 6.45) is 1.67. The highest BCUT2D eigenvalue weighted by atomic mass is 32.2. The zero-order valence-electron chi connectivity index (χ0n) is 13.3. The lowest BCUT2D eigenvalue weighted by Gasteiger charge is -2.16. The molecule has 1 aliphatic rings. The lowest BCUT2D eigenvalue weighted by atomic mass is 10.4. The largest absolute Gasteiger partial charge is 0.316 e. The van der Waals surface area contributed by atoms with E-state index in [4.69, 9.17) is 0 Å². The number of benzene rings is 1. The van der Waals surface area contributed by atoms with Crippen molar-refractivity contribution in [2.45, 2.75) is 35.6 Å². The zero-order valence-corrected chi connectivity index (χ0v) is 15.0. The highest BCUT2D eigenvalue weighted by molar-refractivity contribution is 7.90. The SMILES string of the molecule is CNC(C)CNS(=O)(=O)c1cccc(S(=O)(=O)N2CCCC2)c1. The molecule has 130 valence electrons. The Morgan fingerprint density at radius 1 is 1.13 bits per heavy atom. The van der Waals surface area contributed by atoms with Crippen molar-refractivity contribution in [1.29, 1.82) is 0 Å². The van der Waals surface area contributed by atoms with Crippen LogP contribution < -0.4 is 10.0 Å². The van der Waals surface area contributed by atoms with E-state index in [1.54, 1.807) is 7.05 Å². The van der Waals surface area contributed by atoms with Crippen LogP contribution >= 0.6 is 0 Å². The van der Waals surface area contributed by atoms with E-state index in [9.17, 15) is 16.8 Å². The highest BCUT2D eigenvalue weighted by Gasteiger charge is 2.28. The third-order valence-corrected chi connectivity index (χ3v) is 7.21. The fraction of sp³-hybridized carbons (Fsp3) is 0.571. The van der Waals surface area contributed by atoms with Crippen molar-refractivity contribution in [2.24, 2.45) is 0 Å². The summed E-state index contributed by atoms with van der Waals surface area (Å²) in [7, 11) is -5.64. The van der Waals surface area contributed by atoms with Gasteiger partial charge in [0.25, 0.3) is 0 Å². The van der Waals surface area contributed by atoms with Crippen LogP contribution in [0, 0.1) is 0 Å². The van der Waals surface area contributed by atoms with Crippen LogP contribution in [0.5, 0.6) is 0 Å². The third-order valence-electron chi connectivity index (χ3n) is 3.89. The van der Waals surface area contributed by atoms with Crippen molar-refractivity contribution in [3.8, 4) is 0 Å². The van der Waals surface area contributed by atoms with Gasteiger partial charge in [-0.2, -0.15) is 4.31 Å². The minimum absolute atomic E-state index is 0.0175. The Morgan fingerprint density at radius 3 is 2.35 bits per heavy atom. The Labute approximate surface area is 138 Å². The first-order chi connectivity index (χ1) is 10.8. The summed E-state index contributed by atoms with van der Waals surface area (Å²) >= 11 is 0. The van der Waals surface area contributed by atoms with E-state index in [0.717, 1.165) is 12.8 Å². The van der Waals surface area contributed by atoms with E-state index in [1.807, 2.05) is 6.92 Å². The zero-order chi connectivity index (χ0) is 17.1. The van der Waals surface area contributed by atoms with Crippen molar-refractivity contribution >= 4 is 20.0 Å². The molecule has 9 heteroatoms. The van der Waals surface area contributed by atoms with Crippen molar-refractivity contribution in [1.82, 2.24) is 14.3 Å². The molecule has 0 aliphatic carbocycles. The van der Waals surface area contributed by atoms with E-state index < -0.39 is 20.0 Å². The van der Waals surface area contributed by atoms with Crippen LogP contribution in [0.1, 0.15) is 19.8 Å². The summed E-state index contributed by atoms with van der Waals surface area (Å²) in [5.41, 5.74) is 0. The van der Waals surface area contributed by atoms with Gasteiger partial charge in [0.15, 0.2) is 0 Å². The molecule has 23 heavy (non-hydrogen) atoms. The van der Waals surface area contributed by atoms with Gasteiger partial charge in [0, 0.05) is 25.7 Å². The maximum absolute atomic E-state index is 12.5. The van der Waals surface area contributed by atoms with E-state index in [0.29, 0.717) is 13.1 Å². The molecule has 1 atom stereocenters. The molecule has 1 aromatic carbocycles. The molecule has 1 aliphatic heterocycles. The fourth-order valence-electron chi connectivity index (χ4n) is 2.30. The molecule has 1 unspecified atom stereocenters. The fourth-order valence-corrected chi connectivity index (χ4v) is 5.11. The van der Waals surface area contributed by atoms with E-state index >= 15 is 0 Å². The van der Waals surface area contributed by atoms with Crippen LogP contribution in [-0.4, -0.2) is 53.9 Å². The second-order valence-electron chi connectivity index (χ2n) is 5.63. The van der Waals surface area contributed by atoms with Crippen LogP contribution in [0.2, 0.25) is 0 Å². The topological polar surface area (TPSA) is 95.6 Å².